The van der Waals surface area contributed by atoms with Crippen molar-refractivity contribution in [2.45, 2.75) is 0 Å². The predicted molar refractivity (Wildman–Crippen MR) is 65.7 cm³/mol. The lowest BCUT2D eigenvalue weighted by Gasteiger charge is -2.07. The minimum Gasteiger partial charge on any atom is -0.508 e. The molecule has 0 amide bonds. The molecule has 0 aliphatic heterocycles. The largest absolute Gasteiger partial charge is 0.508 e. The van der Waals surface area contributed by atoms with E-state index in [1.807, 2.05) is 0 Å². The zero-order valence-corrected chi connectivity index (χ0v) is 9.22. The van der Waals surface area contributed by atoms with Crippen LogP contribution in [0.3, 0.4) is 0 Å². The van der Waals surface area contributed by atoms with Crippen LogP contribution in [0.15, 0.2) is 35.0 Å². The number of halogens is 1. The van der Waals surface area contributed by atoms with E-state index < -0.39 is 5.82 Å². The lowest BCUT2D eigenvalue weighted by atomic mass is 10.1. The second kappa shape index (κ2) is 6.26. The minimum absolute atomic E-state index is 0.0201. The van der Waals surface area contributed by atoms with Gasteiger partial charge in [0.15, 0.2) is 0 Å². The van der Waals surface area contributed by atoms with E-state index in [0.29, 0.717) is 5.69 Å². The molecule has 0 fully saturated rings. The maximum atomic E-state index is 13.4. The summed E-state index contributed by atoms with van der Waals surface area (Å²) in [7, 11) is 1.40. The average molecular weight is 237 g/mol. The van der Waals surface area contributed by atoms with Gasteiger partial charge in [-0.15, -0.1) is 0 Å². The van der Waals surface area contributed by atoms with E-state index in [1.165, 1.54) is 31.7 Å². The molecule has 0 radical (unpaired) electrons. The van der Waals surface area contributed by atoms with E-state index in [0.717, 1.165) is 0 Å². The first-order chi connectivity index (χ1) is 8.16. The van der Waals surface area contributed by atoms with E-state index in [9.17, 15) is 9.50 Å². The van der Waals surface area contributed by atoms with Crippen LogP contribution in [-0.4, -0.2) is 24.6 Å². The summed E-state index contributed by atoms with van der Waals surface area (Å²) in [4.78, 5) is 4.41. The quantitative estimate of drug-likeness (QED) is 0.469. The Balaban J connectivity index is 2.84. The first-order valence-corrected chi connectivity index (χ1v) is 4.67. The van der Waals surface area contributed by atoms with Gasteiger partial charge in [0.05, 0.1) is 23.7 Å². The molecule has 2 N–H and O–H groups in total. The highest BCUT2D eigenvalue weighted by Crippen LogP contribution is 2.24. The monoisotopic (exact) mass is 237 g/mol. The molecule has 0 aliphatic carbocycles. The van der Waals surface area contributed by atoms with Gasteiger partial charge in [-0.1, -0.05) is 17.8 Å². The topological polar surface area (TPSA) is 66.2 Å². The number of nitrogens with one attached hydrogen (secondary N) is 1. The molecule has 0 saturated heterocycles. The van der Waals surface area contributed by atoms with Gasteiger partial charge in [0.2, 0.25) is 0 Å². The molecule has 0 heterocycles. The Morgan fingerprint density at radius 3 is 2.94 bits per heavy atom. The number of oxime groups is 1. The number of nitrogens with zero attached hydrogens (tertiary/aromatic N) is 2. The molecule has 0 spiro atoms. The molecule has 0 saturated carbocycles. The Morgan fingerprint density at radius 2 is 2.29 bits per heavy atom. The predicted octanol–water partition coefficient (Wildman–Crippen LogP) is 2.38. The Kier molecular flexibility index (Phi) is 4.68. The lowest BCUT2D eigenvalue weighted by Crippen LogP contribution is -1.98. The Morgan fingerprint density at radius 1 is 1.53 bits per heavy atom. The standard InChI is InChI=1S/C11H12FN3O2/c1-8(16)11-9(12)4-3-5-10(11)15-13-6-7-14-17-2/h3-7,15-16H,1H2,2H3/b13-6+,14-7+. The molecule has 0 bridgehead atoms. The number of aliphatic hydroxyl groups excluding tert-OH is 1. The average Bonchev–Trinajstić information content (AvgIpc) is 2.28. The molecule has 0 atom stereocenters. The maximum Gasteiger partial charge on any atom is 0.136 e. The van der Waals surface area contributed by atoms with Gasteiger partial charge in [-0.2, -0.15) is 5.10 Å². The summed E-state index contributed by atoms with van der Waals surface area (Å²) >= 11 is 0. The Hall–Kier alpha value is -2.37. The van der Waals surface area contributed by atoms with Crippen LogP contribution in [0.1, 0.15) is 5.56 Å². The fourth-order valence-electron chi connectivity index (χ4n) is 1.14. The number of anilines is 1. The molecule has 6 heteroatoms. The summed E-state index contributed by atoms with van der Waals surface area (Å²) in [6, 6.07) is 4.27. The van der Waals surface area contributed by atoms with Crippen LogP contribution in [0, 0.1) is 5.82 Å². The molecule has 0 unspecified atom stereocenters. The van der Waals surface area contributed by atoms with Crippen molar-refractivity contribution in [1.29, 1.82) is 0 Å². The molecule has 90 valence electrons. The van der Waals surface area contributed by atoms with Crippen LogP contribution < -0.4 is 5.43 Å². The molecule has 0 aliphatic rings. The smallest absolute Gasteiger partial charge is 0.136 e. The molecular formula is C11H12FN3O2. The van der Waals surface area contributed by atoms with Gasteiger partial charge in [0, 0.05) is 0 Å². The zero-order valence-electron chi connectivity index (χ0n) is 9.22. The fraction of sp³-hybridized carbons (Fsp3) is 0.0909. The highest BCUT2D eigenvalue weighted by molar-refractivity contribution is 6.15. The number of benzene rings is 1. The van der Waals surface area contributed by atoms with Gasteiger partial charge in [0.1, 0.15) is 18.7 Å². The van der Waals surface area contributed by atoms with E-state index in [2.05, 4.69) is 27.1 Å². The summed E-state index contributed by atoms with van der Waals surface area (Å²) in [6.07, 6.45) is 2.62. The van der Waals surface area contributed by atoms with Gasteiger partial charge in [-0.05, 0) is 12.1 Å². The first-order valence-electron chi connectivity index (χ1n) is 4.67. The molecule has 17 heavy (non-hydrogen) atoms. The Labute approximate surface area is 97.9 Å². The van der Waals surface area contributed by atoms with E-state index in [1.54, 1.807) is 6.07 Å². The SMILES string of the molecule is C=C(O)c1c(F)cccc1N/N=C/C=N/OC. The van der Waals surface area contributed by atoms with Crippen LogP contribution in [0.5, 0.6) is 0 Å². The van der Waals surface area contributed by atoms with Crippen molar-refractivity contribution in [2.24, 2.45) is 10.3 Å². The summed E-state index contributed by atoms with van der Waals surface area (Å²) in [5.74, 6) is -0.949. The van der Waals surface area contributed by atoms with E-state index in [-0.39, 0.29) is 11.3 Å². The molecule has 1 aromatic rings. The molecular weight excluding hydrogens is 225 g/mol. The zero-order chi connectivity index (χ0) is 12.7. The van der Waals surface area contributed by atoms with Crippen molar-refractivity contribution < 1.29 is 14.3 Å². The van der Waals surface area contributed by atoms with Crippen molar-refractivity contribution in [2.75, 3.05) is 12.5 Å². The number of hydrazone groups is 1. The van der Waals surface area contributed by atoms with Crippen molar-refractivity contribution in [3.05, 3.63) is 36.2 Å². The number of hydrogen-bond acceptors (Lipinski definition) is 5. The van der Waals surface area contributed by atoms with Crippen molar-refractivity contribution in [3.63, 3.8) is 0 Å². The van der Waals surface area contributed by atoms with Crippen LogP contribution in [0.4, 0.5) is 10.1 Å². The minimum atomic E-state index is -0.580. The van der Waals surface area contributed by atoms with Crippen molar-refractivity contribution >= 4 is 23.9 Å². The second-order valence-electron chi connectivity index (χ2n) is 2.94. The normalized spacial score (nSPS) is 10.9. The van der Waals surface area contributed by atoms with Crippen LogP contribution in [0.25, 0.3) is 5.76 Å². The second-order valence-corrected chi connectivity index (χ2v) is 2.94. The summed E-state index contributed by atoms with van der Waals surface area (Å²) < 4.78 is 13.4. The molecule has 0 aromatic heterocycles. The van der Waals surface area contributed by atoms with Crippen LogP contribution in [0.2, 0.25) is 0 Å². The van der Waals surface area contributed by atoms with Crippen molar-refractivity contribution in [3.8, 4) is 0 Å². The van der Waals surface area contributed by atoms with Crippen molar-refractivity contribution in [1.82, 2.24) is 0 Å². The van der Waals surface area contributed by atoms with Gasteiger partial charge in [-0.3, -0.25) is 5.43 Å². The number of hydrogen-bond donors (Lipinski definition) is 2. The third kappa shape index (κ3) is 3.60. The molecule has 1 rings (SSSR count). The summed E-state index contributed by atoms with van der Waals surface area (Å²) in [6.45, 7) is 3.28. The highest BCUT2D eigenvalue weighted by atomic mass is 19.1. The Bertz CT molecular complexity index is 458. The fourth-order valence-corrected chi connectivity index (χ4v) is 1.14. The van der Waals surface area contributed by atoms with E-state index >= 15 is 0 Å². The third-order valence-electron chi connectivity index (χ3n) is 1.79. The van der Waals surface area contributed by atoms with Crippen LogP contribution >= 0.6 is 0 Å². The summed E-state index contributed by atoms with van der Waals surface area (Å²) in [5, 5.41) is 16.4. The molecule has 5 nitrogen and oxygen atoms in total. The number of aliphatic hydroxyl groups is 1. The van der Waals surface area contributed by atoms with E-state index in [4.69, 9.17) is 0 Å². The maximum absolute atomic E-state index is 13.4. The number of rotatable bonds is 5. The van der Waals surface area contributed by atoms with Gasteiger partial charge in [0.25, 0.3) is 0 Å². The molecule has 1 aromatic carbocycles. The van der Waals surface area contributed by atoms with Crippen LogP contribution in [-0.2, 0) is 4.84 Å². The third-order valence-corrected chi connectivity index (χ3v) is 1.79. The van der Waals surface area contributed by atoms with Gasteiger partial charge >= 0.3 is 0 Å². The first kappa shape index (κ1) is 12.7. The van der Waals surface area contributed by atoms with Gasteiger partial charge in [-0.25, -0.2) is 4.39 Å². The lowest BCUT2D eigenvalue weighted by molar-refractivity contribution is 0.216. The summed E-state index contributed by atoms with van der Waals surface area (Å²) in [5.41, 5.74) is 2.84. The van der Waals surface area contributed by atoms with Gasteiger partial charge < -0.3 is 9.94 Å². The highest BCUT2D eigenvalue weighted by Gasteiger charge is 2.09.